The van der Waals surface area contributed by atoms with E-state index in [0.717, 1.165) is 6.42 Å². The minimum absolute atomic E-state index is 0.270. The van der Waals surface area contributed by atoms with E-state index in [2.05, 4.69) is 32.1 Å². The maximum Gasteiger partial charge on any atom is 0.0294 e. The lowest BCUT2D eigenvalue weighted by Gasteiger charge is -2.11. The third-order valence-corrected chi connectivity index (χ3v) is 1.39. The van der Waals surface area contributed by atoms with Crippen LogP contribution in [0.15, 0.2) is 4.40 Å². The minimum Gasteiger partial charge on any atom is -0.228 e. The summed E-state index contributed by atoms with van der Waals surface area (Å²) in [5.41, 5.74) is 0. The zero-order chi connectivity index (χ0) is 7.33. The van der Waals surface area contributed by atoms with Crippen LogP contribution in [0.25, 0.3) is 0 Å². The van der Waals surface area contributed by atoms with Gasteiger partial charge in [0, 0.05) is 11.0 Å². The molecule has 0 N–H and O–H groups in total. The van der Waals surface area contributed by atoms with Crippen LogP contribution in [-0.2, 0) is 0 Å². The lowest BCUT2D eigenvalue weighted by atomic mass is 10.3. The van der Waals surface area contributed by atoms with Gasteiger partial charge >= 0.3 is 0 Å². The Morgan fingerprint density at radius 2 is 2.00 bits per heavy atom. The number of hydrogen-bond acceptors (Lipinski definition) is 2. The van der Waals surface area contributed by atoms with Gasteiger partial charge in [-0.15, -0.1) is 0 Å². The number of hydrogen-bond donors (Lipinski definition) is 0. The van der Waals surface area contributed by atoms with Crippen molar-refractivity contribution in [3.8, 4) is 0 Å². The van der Waals surface area contributed by atoms with Crippen molar-refractivity contribution in [2.24, 2.45) is 4.40 Å². The molecule has 9 heavy (non-hydrogen) atoms. The molecule has 54 valence electrons. The summed E-state index contributed by atoms with van der Waals surface area (Å²) in [5.74, 6) is 0. The van der Waals surface area contributed by atoms with Crippen molar-refractivity contribution < 1.29 is 0 Å². The van der Waals surface area contributed by atoms with Crippen molar-refractivity contribution in [1.82, 2.24) is 0 Å². The first kappa shape index (κ1) is 9.02. The SMILES string of the molecule is CC/C=N/SC(C)(C)C. The zero-order valence-corrected chi connectivity index (χ0v) is 7.46. The van der Waals surface area contributed by atoms with Crippen LogP contribution in [-0.4, -0.2) is 11.0 Å². The normalized spacial score (nSPS) is 12.9. The van der Waals surface area contributed by atoms with Gasteiger partial charge in [0.05, 0.1) is 0 Å². The van der Waals surface area contributed by atoms with Crippen molar-refractivity contribution in [2.45, 2.75) is 38.9 Å². The molecule has 0 unspecified atom stereocenters. The van der Waals surface area contributed by atoms with E-state index in [1.807, 2.05) is 6.21 Å². The molecule has 0 saturated carbocycles. The molecule has 0 radical (unpaired) electrons. The first-order chi connectivity index (χ1) is 4.06. The van der Waals surface area contributed by atoms with Crippen LogP contribution >= 0.6 is 11.9 Å². The Labute approximate surface area is 62.1 Å². The maximum atomic E-state index is 4.15. The maximum absolute atomic E-state index is 4.15. The van der Waals surface area contributed by atoms with Gasteiger partial charge in [-0.1, -0.05) is 6.92 Å². The van der Waals surface area contributed by atoms with Gasteiger partial charge in [0.15, 0.2) is 0 Å². The Morgan fingerprint density at radius 3 is 2.33 bits per heavy atom. The minimum atomic E-state index is 0.270. The molecule has 0 saturated heterocycles. The first-order valence-electron chi connectivity index (χ1n) is 3.26. The molecule has 1 nitrogen and oxygen atoms in total. The molecule has 0 aliphatic rings. The Morgan fingerprint density at radius 1 is 1.44 bits per heavy atom. The fraction of sp³-hybridized carbons (Fsp3) is 0.857. The summed E-state index contributed by atoms with van der Waals surface area (Å²) in [6, 6.07) is 0. The van der Waals surface area contributed by atoms with Crippen LogP contribution in [0.5, 0.6) is 0 Å². The number of rotatable bonds is 2. The van der Waals surface area contributed by atoms with E-state index in [0.29, 0.717) is 0 Å². The molecular weight excluding hydrogens is 130 g/mol. The van der Waals surface area contributed by atoms with Crippen molar-refractivity contribution in [3.63, 3.8) is 0 Å². The van der Waals surface area contributed by atoms with Gasteiger partial charge in [-0.2, -0.15) is 0 Å². The van der Waals surface area contributed by atoms with Gasteiger partial charge in [0.1, 0.15) is 0 Å². The fourth-order valence-electron chi connectivity index (χ4n) is 0.270. The Balaban J connectivity index is 3.38. The Hall–Kier alpha value is 0.0200. The topological polar surface area (TPSA) is 12.4 Å². The summed E-state index contributed by atoms with van der Waals surface area (Å²) in [5, 5.41) is 0. The fourth-order valence-corrected chi connectivity index (χ4v) is 0.810. The van der Waals surface area contributed by atoms with Crippen LogP contribution < -0.4 is 0 Å². The molecule has 0 spiro atoms. The highest BCUT2D eigenvalue weighted by atomic mass is 32.2. The molecule has 0 amide bonds. The molecule has 0 aromatic heterocycles. The van der Waals surface area contributed by atoms with E-state index in [4.69, 9.17) is 0 Å². The molecule has 0 aromatic carbocycles. The van der Waals surface area contributed by atoms with Crippen LogP contribution in [0.2, 0.25) is 0 Å². The summed E-state index contributed by atoms with van der Waals surface area (Å²) < 4.78 is 4.42. The Bertz CT molecular complexity index is 91.6. The average molecular weight is 145 g/mol. The van der Waals surface area contributed by atoms with Gasteiger partial charge in [-0.05, 0) is 39.1 Å². The molecule has 0 heterocycles. The third-order valence-electron chi connectivity index (χ3n) is 0.584. The predicted octanol–water partition coefficient (Wildman–Crippen LogP) is 2.91. The molecule has 2 heteroatoms. The molecule has 0 aliphatic carbocycles. The molecular formula is C7H15NS. The monoisotopic (exact) mass is 145 g/mol. The van der Waals surface area contributed by atoms with Crippen molar-refractivity contribution in [1.29, 1.82) is 0 Å². The average Bonchev–Trinajstić information content (AvgIpc) is 1.63. The highest BCUT2D eigenvalue weighted by Crippen LogP contribution is 2.23. The van der Waals surface area contributed by atoms with Gasteiger partial charge in [0.2, 0.25) is 0 Å². The summed E-state index contributed by atoms with van der Waals surface area (Å²) >= 11 is 1.63. The van der Waals surface area contributed by atoms with Gasteiger partial charge in [-0.3, -0.25) is 0 Å². The molecule has 0 bridgehead atoms. The van der Waals surface area contributed by atoms with Crippen molar-refractivity contribution >= 4 is 18.2 Å². The van der Waals surface area contributed by atoms with Crippen molar-refractivity contribution in [2.75, 3.05) is 0 Å². The Kier molecular flexibility index (Phi) is 3.95. The summed E-state index contributed by atoms with van der Waals surface area (Å²) in [6.45, 7) is 8.56. The van der Waals surface area contributed by atoms with Gasteiger partial charge in [-0.25, -0.2) is 4.40 Å². The standard InChI is InChI=1S/C7H15NS/c1-5-6-8-9-7(2,3)4/h6H,5H2,1-4H3/b8-6+. The van der Waals surface area contributed by atoms with E-state index in [-0.39, 0.29) is 4.75 Å². The smallest absolute Gasteiger partial charge is 0.0294 e. The molecule has 0 atom stereocenters. The molecule has 0 aromatic rings. The van der Waals surface area contributed by atoms with E-state index in [1.165, 1.54) is 0 Å². The third kappa shape index (κ3) is 8.02. The zero-order valence-electron chi connectivity index (χ0n) is 6.64. The van der Waals surface area contributed by atoms with E-state index in [9.17, 15) is 0 Å². The molecule has 0 fully saturated rings. The highest BCUT2D eigenvalue weighted by molar-refractivity contribution is 7.99. The second-order valence-corrected chi connectivity index (χ2v) is 4.52. The van der Waals surface area contributed by atoms with Crippen LogP contribution in [0.3, 0.4) is 0 Å². The van der Waals surface area contributed by atoms with E-state index >= 15 is 0 Å². The van der Waals surface area contributed by atoms with Crippen LogP contribution in [0.1, 0.15) is 34.1 Å². The first-order valence-corrected chi connectivity index (χ1v) is 4.03. The number of nitrogens with zero attached hydrogens (tertiary/aromatic N) is 1. The lowest BCUT2D eigenvalue weighted by Crippen LogP contribution is -2.04. The second-order valence-electron chi connectivity index (χ2n) is 2.90. The molecule has 0 rings (SSSR count). The van der Waals surface area contributed by atoms with Gasteiger partial charge < -0.3 is 0 Å². The van der Waals surface area contributed by atoms with Crippen LogP contribution in [0, 0.1) is 0 Å². The van der Waals surface area contributed by atoms with Gasteiger partial charge in [0.25, 0.3) is 0 Å². The van der Waals surface area contributed by atoms with Crippen molar-refractivity contribution in [3.05, 3.63) is 0 Å². The highest BCUT2D eigenvalue weighted by Gasteiger charge is 2.08. The quantitative estimate of drug-likeness (QED) is 0.430. The van der Waals surface area contributed by atoms with Crippen LogP contribution in [0.4, 0.5) is 0 Å². The second kappa shape index (κ2) is 3.94. The largest absolute Gasteiger partial charge is 0.228 e. The lowest BCUT2D eigenvalue weighted by molar-refractivity contribution is 0.804. The predicted molar refractivity (Wildman–Crippen MR) is 46.1 cm³/mol. The molecule has 0 aliphatic heterocycles. The summed E-state index contributed by atoms with van der Waals surface area (Å²) in [6.07, 6.45) is 2.97. The van der Waals surface area contributed by atoms with E-state index < -0.39 is 0 Å². The summed E-state index contributed by atoms with van der Waals surface area (Å²) in [7, 11) is 0. The van der Waals surface area contributed by atoms with E-state index in [1.54, 1.807) is 11.9 Å². The summed E-state index contributed by atoms with van der Waals surface area (Å²) in [4.78, 5) is 0.